The minimum absolute atomic E-state index is 0.640. The summed E-state index contributed by atoms with van der Waals surface area (Å²) in [6.07, 6.45) is 6.36. The molecule has 1 aromatic rings. The number of aromatic nitrogens is 3. The molecule has 0 atom stereocenters. The number of nitrogens with zero attached hydrogens (tertiary/aromatic N) is 3. The summed E-state index contributed by atoms with van der Waals surface area (Å²) in [7, 11) is 0. The minimum atomic E-state index is 0.640. The van der Waals surface area contributed by atoms with E-state index >= 15 is 0 Å². The molecule has 108 valence electrons. The van der Waals surface area contributed by atoms with Crippen molar-refractivity contribution in [2.75, 3.05) is 11.4 Å². The number of aromatic amines is 1. The largest absolute Gasteiger partial charge is 0.338 e. The van der Waals surface area contributed by atoms with E-state index in [1.54, 1.807) is 0 Å². The zero-order chi connectivity index (χ0) is 13.8. The van der Waals surface area contributed by atoms with Gasteiger partial charge in [-0.2, -0.15) is 0 Å². The molecule has 0 bridgehead atoms. The predicted octanol–water partition coefficient (Wildman–Crippen LogP) is 3.76. The first-order valence-corrected chi connectivity index (χ1v) is 7.96. The molecule has 0 radical (unpaired) electrons. The second kappa shape index (κ2) is 6.55. The van der Waals surface area contributed by atoms with E-state index in [1.165, 1.54) is 25.7 Å². The van der Waals surface area contributed by atoms with Crippen molar-refractivity contribution in [1.29, 1.82) is 0 Å². The molecule has 1 aliphatic rings. The SMILES string of the molecule is CCCn1c(N(CC(C)C)C2CCCC2)n[nH]c1=S. The fraction of sp³-hybridized carbons (Fsp3) is 0.857. The molecule has 1 aromatic heterocycles. The van der Waals surface area contributed by atoms with Crippen molar-refractivity contribution in [3.05, 3.63) is 4.77 Å². The van der Waals surface area contributed by atoms with Crippen molar-refractivity contribution in [2.45, 2.75) is 65.5 Å². The molecule has 0 aromatic carbocycles. The molecule has 5 heteroatoms. The van der Waals surface area contributed by atoms with Crippen LogP contribution >= 0.6 is 12.2 Å². The van der Waals surface area contributed by atoms with Crippen molar-refractivity contribution in [1.82, 2.24) is 14.8 Å². The van der Waals surface area contributed by atoms with Crippen LogP contribution in [0.15, 0.2) is 0 Å². The van der Waals surface area contributed by atoms with E-state index in [4.69, 9.17) is 12.2 Å². The monoisotopic (exact) mass is 282 g/mol. The molecule has 19 heavy (non-hydrogen) atoms. The molecule has 4 nitrogen and oxygen atoms in total. The Morgan fingerprint density at radius 2 is 2.11 bits per heavy atom. The molecule has 0 aliphatic heterocycles. The molecule has 1 N–H and O–H groups in total. The van der Waals surface area contributed by atoms with Crippen molar-refractivity contribution < 1.29 is 0 Å². The summed E-state index contributed by atoms with van der Waals surface area (Å²) in [5.74, 6) is 1.69. The van der Waals surface area contributed by atoms with Gasteiger partial charge < -0.3 is 4.90 Å². The first-order valence-electron chi connectivity index (χ1n) is 7.55. The van der Waals surface area contributed by atoms with Gasteiger partial charge in [-0.15, -0.1) is 5.10 Å². The molecule has 1 saturated carbocycles. The first kappa shape index (κ1) is 14.6. The zero-order valence-electron chi connectivity index (χ0n) is 12.4. The third kappa shape index (κ3) is 3.38. The molecular formula is C14H26N4S. The Labute approximate surface area is 121 Å². The maximum absolute atomic E-state index is 5.36. The average Bonchev–Trinajstić information content (AvgIpc) is 2.98. The fourth-order valence-corrected chi connectivity index (χ4v) is 3.18. The lowest BCUT2D eigenvalue weighted by Crippen LogP contribution is -2.38. The van der Waals surface area contributed by atoms with Crippen LogP contribution < -0.4 is 4.90 Å². The van der Waals surface area contributed by atoms with Gasteiger partial charge in [0.25, 0.3) is 0 Å². The second-order valence-corrected chi connectivity index (χ2v) is 6.35. The van der Waals surface area contributed by atoms with Crippen molar-refractivity contribution in [3.8, 4) is 0 Å². The van der Waals surface area contributed by atoms with Gasteiger partial charge in [0.1, 0.15) is 0 Å². The van der Waals surface area contributed by atoms with Crippen LogP contribution in [0.3, 0.4) is 0 Å². The van der Waals surface area contributed by atoms with E-state index in [-0.39, 0.29) is 0 Å². The summed E-state index contributed by atoms with van der Waals surface area (Å²) >= 11 is 5.36. The Hall–Kier alpha value is -0.840. The van der Waals surface area contributed by atoms with Crippen LogP contribution in [-0.2, 0) is 6.54 Å². The van der Waals surface area contributed by atoms with Crippen molar-refractivity contribution >= 4 is 18.2 Å². The maximum atomic E-state index is 5.36. The smallest absolute Gasteiger partial charge is 0.225 e. The number of hydrogen-bond donors (Lipinski definition) is 1. The van der Waals surface area contributed by atoms with Gasteiger partial charge in [-0.1, -0.05) is 33.6 Å². The normalized spacial score (nSPS) is 16.4. The summed E-state index contributed by atoms with van der Waals surface area (Å²) in [4.78, 5) is 2.49. The van der Waals surface area contributed by atoms with E-state index in [1.807, 2.05) is 0 Å². The summed E-state index contributed by atoms with van der Waals surface area (Å²) in [6.45, 7) is 8.74. The van der Waals surface area contributed by atoms with Crippen LogP contribution in [0.2, 0.25) is 0 Å². The van der Waals surface area contributed by atoms with Gasteiger partial charge >= 0.3 is 0 Å². The highest BCUT2D eigenvalue weighted by Gasteiger charge is 2.26. The Bertz CT molecular complexity index is 443. The molecule has 1 heterocycles. The molecule has 0 spiro atoms. The number of anilines is 1. The highest BCUT2D eigenvalue weighted by molar-refractivity contribution is 7.71. The summed E-state index contributed by atoms with van der Waals surface area (Å²) < 4.78 is 2.92. The molecule has 2 rings (SSSR count). The zero-order valence-corrected chi connectivity index (χ0v) is 13.2. The van der Waals surface area contributed by atoms with Gasteiger partial charge in [-0.05, 0) is 37.4 Å². The third-order valence-electron chi connectivity index (χ3n) is 3.77. The lowest BCUT2D eigenvalue weighted by atomic mass is 10.1. The van der Waals surface area contributed by atoms with Crippen LogP contribution in [0.25, 0.3) is 0 Å². The van der Waals surface area contributed by atoms with Gasteiger partial charge in [-0.3, -0.25) is 4.57 Å². The molecule has 0 amide bonds. The molecule has 1 fully saturated rings. The fourth-order valence-electron chi connectivity index (χ4n) is 2.96. The number of hydrogen-bond acceptors (Lipinski definition) is 3. The van der Waals surface area contributed by atoms with E-state index in [0.717, 1.165) is 30.2 Å². The van der Waals surface area contributed by atoms with E-state index in [2.05, 4.69) is 40.4 Å². The maximum Gasteiger partial charge on any atom is 0.225 e. The van der Waals surface area contributed by atoms with Crippen LogP contribution in [0, 0.1) is 10.7 Å². The molecule has 0 unspecified atom stereocenters. The predicted molar refractivity (Wildman–Crippen MR) is 82.1 cm³/mol. The van der Waals surface area contributed by atoms with Crippen LogP contribution in [0.1, 0.15) is 52.9 Å². The standard InChI is InChI=1S/C14H26N4S/c1-4-9-17-13(15-16-14(17)19)18(10-11(2)3)12-7-5-6-8-12/h11-12H,4-10H2,1-3H3,(H,16,19). The van der Waals surface area contributed by atoms with Crippen LogP contribution in [0.5, 0.6) is 0 Å². The average molecular weight is 282 g/mol. The molecular weight excluding hydrogens is 256 g/mol. The number of rotatable bonds is 6. The van der Waals surface area contributed by atoms with Gasteiger partial charge in [0, 0.05) is 19.1 Å². The summed E-state index contributed by atoms with van der Waals surface area (Å²) in [6, 6.07) is 0.642. The summed E-state index contributed by atoms with van der Waals surface area (Å²) in [5, 5.41) is 7.48. The van der Waals surface area contributed by atoms with Gasteiger partial charge in [0.05, 0.1) is 0 Å². The Kier molecular flexibility index (Phi) is 5.02. The molecule has 0 saturated heterocycles. The third-order valence-corrected chi connectivity index (χ3v) is 4.08. The highest BCUT2D eigenvalue weighted by atomic mass is 32.1. The Morgan fingerprint density at radius 3 is 2.68 bits per heavy atom. The lowest BCUT2D eigenvalue weighted by molar-refractivity contribution is 0.511. The second-order valence-electron chi connectivity index (χ2n) is 5.96. The van der Waals surface area contributed by atoms with Crippen LogP contribution in [-0.4, -0.2) is 27.4 Å². The van der Waals surface area contributed by atoms with Gasteiger partial charge in [-0.25, -0.2) is 5.10 Å². The van der Waals surface area contributed by atoms with Crippen molar-refractivity contribution in [3.63, 3.8) is 0 Å². The van der Waals surface area contributed by atoms with E-state index in [9.17, 15) is 0 Å². The van der Waals surface area contributed by atoms with Crippen molar-refractivity contribution in [2.24, 2.45) is 5.92 Å². The van der Waals surface area contributed by atoms with Gasteiger partial charge in [0.2, 0.25) is 5.95 Å². The Morgan fingerprint density at radius 1 is 1.42 bits per heavy atom. The van der Waals surface area contributed by atoms with E-state index < -0.39 is 0 Å². The first-order chi connectivity index (χ1) is 9.13. The highest BCUT2D eigenvalue weighted by Crippen LogP contribution is 2.28. The Balaban J connectivity index is 2.28. The molecule has 1 aliphatic carbocycles. The lowest BCUT2D eigenvalue weighted by Gasteiger charge is -2.31. The number of H-pyrrole nitrogens is 1. The quantitative estimate of drug-likeness (QED) is 0.807. The topological polar surface area (TPSA) is 36.9 Å². The number of nitrogens with one attached hydrogen (secondary N) is 1. The minimum Gasteiger partial charge on any atom is -0.338 e. The summed E-state index contributed by atoms with van der Waals surface area (Å²) in [5.41, 5.74) is 0. The van der Waals surface area contributed by atoms with Gasteiger partial charge in [0.15, 0.2) is 4.77 Å². The van der Waals surface area contributed by atoms with Crippen LogP contribution in [0.4, 0.5) is 5.95 Å². The van der Waals surface area contributed by atoms with E-state index in [0.29, 0.717) is 12.0 Å².